The van der Waals surface area contributed by atoms with E-state index < -0.39 is 11.5 Å². The highest BCUT2D eigenvalue weighted by molar-refractivity contribution is 7.99. The van der Waals surface area contributed by atoms with Crippen molar-refractivity contribution in [3.8, 4) is 0 Å². The van der Waals surface area contributed by atoms with E-state index in [0.717, 1.165) is 31.0 Å². The van der Waals surface area contributed by atoms with Gasteiger partial charge in [-0.1, -0.05) is 6.92 Å². The first kappa shape index (κ1) is 11.9. The van der Waals surface area contributed by atoms with Crippen LogP contribution < -0.4 is 0 Å². The molecule has 0 radical (unpaired) electrons. The second-order valence-electron chi connectivity index (χ2n) is 3.89. The first-order valence-corrected chi connectivity index (χ1v) is 6.33. The molecule has 0 saturated carbocycles. The second-order valence-corrected chi connectivity index (χ2v) is 5.11. The molecule has 82 valence electrons. The van der Waals surface area contributed by atoms with E-state index in [1.807, 2.05) is 25.6 Å². The molecule has 1 fully saturated rings. The zero-order valence-corrected chi connectivity index (χ0v) is 9.77. The molecule has 1 aliphatic rings. The first-order chi connectivity index (χ1) is 6.61. The molecule has 0 aromatic carbocycles. The summed E-state index contributed by atoms with van der Waals surface area (Å²) in [6, 6.07) is 0. The van der Waals surface area contributed by atoms with E-state index in [1.165, 1.54) is 0 Å². The van der Waals surface area contributed by atoms with Crippen molar-refractivity contribution in [1.29, 1.82) is 0 Å². The van der Waals surface area contributed by atoms with Gasteiger partial charge in [-0.05, 0) is 25.5 Å². The Kier molecular flexibility index (Phi) is 4.26. The Morgan fingerprint density at radius 1 is 1.50 bits per heavy atom. The lowest BCUT2D eigenvalue weighted by atomic mass is 9.96. The molecule has 0 bridgehead atoms. The lowest BCUT2D eigenvalue weighted by Crippen LogP contribution is -2.52. The zero-order valence-electron chi connectivity index (χ0n) is 8.95. The van der Waals surface area contributed by atoms with Gasteiger partial charge in [-0.3, -0.25) is 9.69 Å². The third-order valence-corrected chi connectivity index (χ3v) is 4.12. The molecule has 0 aromatic rings. The molecule has 1 aliphatic heterocycles. The molecule has 1 unspecified atom stereocenters. The highest BCUT2D eigenvalue weighted by Gasteiger charge is 2.37. The minimum atomic E-state index is -0.688. The van der Waals surface area contributed by atoms with Crippen molar-refractivity contribution in [2.45, 2.75) is 32.2 Å². The van der Waals surface area contributed by atoms with Crippen molar-refractivity contribution < 1.29 is 9.90 Å². The normalized spacial score (nSPS) is 23.9. The molecule has 3 nitrogen and oxygen atoms in total. The molecule has 14 heavy (non-hydrogen) atoms. The standard InChI is InChI=1S/C10H19NO2S/c1-3-10(2,9(12)13)11-5-4-7-14-8-6-11/h3-8H2,1-2H3,(H,12,13). The SMILES string of the molecule is CCC(C)(C(=O)O)N1CCCSCC1. The lowest BCUT2D eigenvalue weighted by molar-refractivity contribution is -0.150. The van der Waals surface area contributed by atoms with Crippen LogP contribution in [0.25, 0.3) is 0 Å². The van der Waals surface area contributed by atoms with Gasteiger partial charge in [-0.25, -0.2) is 0 Å². The van der Waals surface area contributed by atoms with Crippen LogP contribution in [0.5, 0.6) is 0 Å². The predicted octanol–water partition coefficient (Wildman–Crippen LogP) is 1.68. The van der Waals surface area contributed by atoms with E-state index in [4.69, 9.17) is 0 Å². The van der Waals surface area contributed by atoms with E-state index >= 15 is 0 Å². The number of carboxylic acid groups (broad SMARTS) is 1. The molecular formula is C10H19NO2S. The molecule has 0 spiro atoms. The Morgan fingerprint density at radius 2 is 2.21 bits per heavy atom. The molecular weight excluding hydrogens is 198 g/mol. The van der Waals surface area contributed by atoms with Crippen LogP contribution in [0, 0.1) is 0 Å². The molecule has 1 N–H and O–H groups in total. The Bertz CT molecular complexity index is 202. The Hall–Kier alpha value is -0.220. The molecule has 0 aliphatic carbocycles. The summed E-state index contributed by atoms with van der Waals surface area (Å²) in [5.74, 6) is 1.53. The van der Waals surface area contributed by atoms with Gasteiger partial charge in [0.25, 0.3) is 0 Å². The van der Waals surface area contributed by atoms with Crippen LogP contribution >= 0.6 is 11.8 Å². The highest BCUT2D eigenvalue weighted by Crippen LogP contribution is 2.23. The summed E-state index contributed by atoms with van der Waals surface area (Å²) in [5, 5.41) is 9.23. The molecule has 1 saturated heterocycles. The summed E-state index contributed by atoms with van der Waals surface area (Å²) in [6.07, 6.45) is 1.78. The Labute approximate surface area is 89.9 Å². The molecule has 0 aromatic heterocycles. The van der Waals surface area contributed by atoms with E-state index in [2.05, 4.69) is 4.90 Å². The van der Waals surface area contributed by atoms with Crippen LogP contribution in [-0.4, -0.2) is 46.1 Å². The Balaban J connectivity index is 2.71. The quantitative estimate of drug-likeness (QED) is 0.781. The van der Waals surface area contributed by atoms with Crippen molar-refractivity contribution in [3.63, 3.8) is 0 Å². The first-order valence-electron chi connectivity index (χ1n) is 5.17. The number of aliphatic carboxylic acids is 1. The number of thioether (sulfide) groups is 1. The maximum absolute atomic E-state index is 11.2. The van der Waals surface area contributed by atoms with Crippen molar-refractivity contribution in [3.05, 3.63) is 0 Å². The summed E-state index contributed by atoms with van der Waals surface area (Å²) >= 11 is 1.92. The van der Waals surface area contributed by atoms with Gasteiger partial charge in [0.05, 0.1) is 0 Å². The summed E-state index contributed by atoms with van der Waals surface area (Å²) in [7, 11) is 0. The minimum absolute atomic E-state index is 0.662. The van der Waals surface area contributed by atoms with Gasteiger partial charge in [0.1, 0.15) is 5.54 Å². The van der Waals surface area contributed by atoms with Gasteiger partial charge in [-0.15, -0.1) is 0 Å². The van der Waals surface area contributed by atoms with Gasteiger partial charge >= 0.3 is 5.97 Å². The van der Waals surface area contributed by atoms with Crippen molar-refractivity contribution >= 4 is 17.7 Å². The third-order valence-electron chi connectivity index (χ3n) is 3.07. The van der Waals surface area contributed by atoms with Crippen LogP contribution in [0.4, 0.5) is 0 Å². The molecule has 1 heterocycles. The topological polar surface area (TPSA) is 40.5 Å². The molecule has 4 heteroatoms. The number of rotatable bonds is 3. The minimum Gasteiger partial charge on any atom is -0.480 e. The maximum Gasteiger partial charge on any atom is 0.323 e. The fourth-order valence-corrected chi connectivity index (χ4v) is 2.64. The molecule has 1 atom stereocenters. The highest BCUT2D eigenvalue weighted by atomic mass is 32.2. The lowest BCUT2D eigenvalue weighted by Gasteiger charge is -2.36. The number of carboxylic acids is 1. The maximum atomic E-state index is 11.2. The third kappa shape index (κ3) is 2.42. The smallest absolute Gasteiger partial charge is 0.323 e. The average Bonchev–Trinajstić information content (AvgIpc) is 2.44. The number of hydrogen-bond donors (Lipinski definition) is 1. The molecule has 1 rings (SSSR count). The number of nitrogens with zero attached hydrogens (tertiary/aromatic N) is 1. The van der Waals surface area contributed by atoms with Gasteiger partial charge < -0.3 is 5.11 Å². The zero-order chi connectivity index (χ0) is 10.6. The summed E-state index contributed by atoms with van der Waals surface area (Å²) in [6.45, 7) is 5.61. The van der Waals surface area contributed by atoms with Crippen LogP contribution in [0.2, 0.25) is 0 Å². The van der Waals surface area contributed by atoms with Crippen LogP contribution in [0.1, 0.15) is 26.7 Å². The van der Waals surface area contributed by atoms with Gasteiger partial charge in [-0.2, -0.15) is 11.8 Å². The van der Waals surface area contributed by atoms with Crippen LogP contribution in [-0.2, 0) is 4.79 Å². The second kappa shape index (κ2) is 5.03. The fourth-order valence-electron chi connectivity index (χ4n) is 1.75. The van der Waals surface area contributed by atoms with Crippen LogP contribution in [0.15, 0.2) is 0 Å². The summed E-state index contributed by atoms with van der Waals surface area (Å²) in [4.78, 5) is 13.3. The molecule has 0 amide bonds. The van der Waals surface area contributed by atoms with Crippen molar-refractivity contribution in [2.75, 3.05) is 24.6 Å². The number of carbonyl (C=O) groups is 1. The average molecular weight is 217 g/mol. The van der Waals surface area contributed by atoms with Gasteiger partial charge in [0.2, 0.25) is 0 Å². The van der Waals surface area contributed by atoms with E-state index in [9.17, 15) is 9.90 Å². The van der Waals surface area contributed by atoms with E-state index in [1.54, 1.807) is 0 Å². The Morgan fingerprint density at radius 3 is 2.79 bits per heavy atom. The van der Waals surface area contributed by atoms with Gasteiger partial charge in [0, 0.05) is 18.8 Å². The summed E-state index contributed by atoms with van der Waals surface area (Å²) < 4.78 is 0. The fraction of sp³-hybridized carbons (Fsp3) is 0.900. The number of hydrogen-bond acceptors (Lipinski definition) is 3. The van der Waals surface area contributed by atoms with E-state index in [0.29, 0.717) is 6.42 Å². The van der Waals surface area contributed by atoms with E-state index in [-0.39, 0.29) is 0 Å². The predicted molar refractivity (Wildman–Crippen MR) is 59.8 cm³/mol. The van der Waals surface area contributed by atoms with Crippen LogP contribution in [0.3, 0.4) is 0 Å². The monoisotopic (exact) mass is 217 g/mol. The largest absolute Gasteiger partial charge is 0.480 e. The van der Waals surface area contributed by atoms with Crippen molar-refractivity contribution in [2.24, 2.45) is 0 Å². The van der Waals surface area contributed by atoms with Gasteiger partial charge in [0.15, 0.2) is 0 Å². The van der Waals surface area contributed by atoms with Crippen molar-refractivity contribution in [1.82, 2.24) is 4.90 Å². The summed E-state index contributed by atoms with van der Waals surface area (Å²) in [5.41, 5.74) is -0.662.